The van der Waals surface area contributed by atoms with Gasteiger partial charge in [-0.05, 0) is 53.9 Å². The van der Waals surface area contributed by atoms with Crippen LogP contribution >= 0.6 is 23.2 Å². The lowest BCUT2D eigenvalue weighted by atomic mass is 10.1. The Balaban J connectivity index is 2.12. The van der Waals surface area contributed by atoms with Crippen LogP contribution in [0.2, 0.25) is 10.0 Å². The molecule has 2 aromatic carbocycles. The van der Waals surface area contributed by atoms with Crippen LogP contribution in [0.15, 0.2) is 43.0 Å². The Hall–Kier alpha value is -1.44. The van der Waals surface area contributed by atoms with E-state index in [9.17, 15) is 0 Å². The van der Waals surface area contributed by atoms with Crippen LogP contribution in [-0.4, -0.2) is 0 Å². The van der Waals surface area contributed by atoms with E-state index in [1.165, 1.54) is 0 Å². The molecule has 0 aliphatic heterocycles. The first-order valence-corrected chi connectivity index (χ1v) is 6.76. The molecule has 0 unspecified atom stereocenters. The molecular formula is C16H15Cl2N. The Labute approximate surface area is 123 Å². The van der Waals surface area contributed by atoms with Crippen LogP contribution in [0.25, 0.3) is 6.08 Å². The largest absolute Gasteiger partial charge is 0.381 e. The number of benzene rings is 2. The van der Waals surface area contributed by atoms with Crippen molar-refractivity contribution in [3.63, 3.8) is 0 Å². The van der Waals surface area contributed by atoms with Crippen molar-refractivity contribution in [3.05, 3.63) is 69.7 Å². The molecule has 0 fully saturated rings. The van der Waals surface area contributed by atoms with Gasteiger partial charge in [-0.15, -0.1) is 0 Å². The van der Waals surface area contributed by atoms with E-state index in [0.29, 0.717) is 5.02 Å². The number of hydrogen-bond acceptors (Lipinski definition) is 1. The van der Waals surface area contributed by atoms with Gasteiger partial charge in [-0.1, -0.05) is 41.9 Å². The predicted octanol–water partition coefficient (Wildman–Crippen LogP) is 5.56. The van der Waals surface area contributed by atoms with Crippen molar-refractivity contribution in [3.8, 4) is 0 Å². The van der Waals surface area contributed by atoms with Gasteiger partial charge in [-0.3, -0.25) is 0 Å². The summed E-state index contributed by atoms with van der Waals surface area (Å²) in [5, 5.41) is 4.82. The highest BCUT2D eigenvalue weighted by Gasteiger charge is 2.00. The van der Waals surface area contributed by atoms with Gasteiger partial charge in [-0.2, -0.15) is 0 Å². The average molecular weight is 292 g/mol. The van der Waals surface area contributed by atoms with Crippen LogP contribution in [0, 0.1) is 6.92 Å². The van der Waals surface area contributed by atoms with Gasteiger partial charge in [0.1, 0.15) is 0 Å². The molecule has 0 aromatic heterocycles. The summed E-state index contributed by atoms with van der Waals surface area (Å²) in [6.07, 6.45) is 1.75. The molecule has 0 amide bonds. The van der Waals surface area contributed by atoms with Gasteiger partial charge in [0.15, 0.2) is 0 Å². The van der Waals surface area contributed by atoms with Crippen LogP contribution in [0.5, 0.6) is 0 Å². The summed E-state index contributed by atoms with van der Waals surface area (Å²) in [5.41, 5.74) is 4.25. The smallest absolute Gasteiger partial charge is 0.0479 e. The summed E-state index contributed by atoms with van der Waals surface area (Å²) in [4.78, 5) is 0. The fraction of sp³-hybridized carbons (Fsp3) is 0.125. The SMILES string of the molecule is C=Cc1cc(NCc2cc(C)cc(Cl)c2)ccc1Cl. The number of nitrogens with one attached hydrogen (secondary N) is 1. The van der Waals surface area contributed by atoms with E-state index in [4.69, 9.17) is 23.2 Å². The molecule has 0 radical (unpaired) electrons. The van der Waals surface area contributed by atoms with E-state index in [1.807, 2.05) is 37.3 Å². The highest BCUT2D eigenvalue weighted by atomic mass is 35.5. The Kier molecular flexibility index (Phi) is 4.52. The Morgan fingerprint density at radius 2 is 1.95 bits per heavy atom. The Morgan fingerprint density at radius 3 is 2.63 bits per heavy atom. The number of rotatable bonds is 4. The predicted molar refractivity (Wildman–Crippen MR) is 85.1 cm³/mol. The second kappa shape index (κ2) is 6.14. The zero-order valence-corrected chi connectivity index (χ0v) is 12.2. The second-order valence-electron chi connectivity index (χ2n) is 4.43. The fourth-order valence-corrected chi connectivity index (χ4v) is 2.44. The van der Waals surface area contributed by atoms with Crippen molar-refractivity contribution in [2.24, 2.45) is 0 Å². The van der Waals surface area contributed by atoms with Gasteiger partial charge >= 0.3 is 0 Å². The zero-order chi connectivity index (χ0) is 13.8. The Bertz CT molecular complexity index is 585. The Morgan fingerprint density at radius 1 is 1.16 bits per heavy atom. The molecule has 1 N–H and O–H groups in total. The minimum atomic E-state index is 0.708. The molecule has 0 aliphatic rings. The number of anilines is 1. The first-order chi connectivity index (χ1) is 9.08. The third-order valence-electron chi connectivity index (χ3n) is 2.81. The van der Waals surface area contributed by atoms with Crippen molar-refractivity contribution in [2.75, 3.05) is 5.32 Å². The van der Waals surface area contributed by atoms with E-state index in [0.717, 1.165) is 33.9 Å². The zero-order valence-electron chi connectivity index (χ0n) is 10.7. The van der Waals surface area contributed by atoms with Crippen molar-refractivity contribution in [1.82, 2.24) is 0 Å². The third-order valence-corrected chi connectivity index (χ3v) is 3.38. The van der Waals surface area contributed by atoms with Crippen LogP contribution < -0.4 is 5.32 Å². The number of halogens is 2. The number of aryl methyl sites for hydroxylation is 1. The lowest BCUT2D eigenvalue weighted by molar-refractivity contribution is 1.14. The lowest BCUT2D eigenvalue weighted by Gasteiger charge is -2.09. The topological polar surface area (TPSA) is 12.0 Å². The normalized spacial score (nSPS) is 10.3. The van der Waals surface area contributed by atoms with Gasteiger partial charge in [0.05, 0.1) is 0 Å². The highest BCUT2D eigenvalue weighted by molar-refractivity contribution is 6.32. The molecule has 98 valence electrons. The summed E-state index contributed by atoms with van der Waals surface area (Å²) in [6, 6.07) is 11.8. The van der Waals surface area contributed by atoms with Gasteiger partial charge in [-0.25, -0.2) is 0 Å². The number of hydrogen-bond donors (Lipinski definition) is 1. The maximum Gasteiger partial charge on any atom is 0.0479 e. The quantitative estimate of drug-likeness (QED) is 0.778. The first-order valence-electron chi connectivity index (χ1n) is 6.00. The molecule has 0 saturated heterocycles. The van der Waals surface area contributed by atoms with Crippen molar-refractivity contribution in [2.45, 2.75) is 13.5 Å². The summed E-state index contributed by atoms with van der Waals surface area (Å²) in [6.45, 7) is 6.50. The van der Waals surface area contributed by atoms with Crippen molar-refractivity contribution in [1.29, 1.82) is 0 Å². The summed E-state index contributed by atoms with van der Waals surface area (Å²) in [7, 11) is 0. The first kappa shape index (κ1) is 14.0. The summed E-state index contributed by atoms with van der Waals surface area (Å²) < 4.78 is 0. The van der Waals surface area contributed by atoms with Crippen LogP contribution in [0.1, 0.15) is 16.7 Å². The summed E-state index contributed by atoms with van der Waals surface area (Å²) >= 11 is 12.1. The molecule has 0 heterocycles. The lowest BCUT2D eigenvalue weighted by Crippen LogP contribution is -2.00. The van der Waals surface area contributed by atoms with Gasteiger partial charge < -0.3 is 5.32 Å². The van der Waals surface area contributed by atoms with Crippen LogP contribution in [0.4, 0.5) is 5.69 Å². The molecule has 2 rings (SSSR count). The van der Waals surface area contributed by atoms with Crippen molar-refractivity contribution < 1.29 is 0 Å². The summed E-state index contributed by atoms with van der Waals surface area (Å²) in [5.74, 6) is 0. The monoisotopic (exact) mass is 291 g/mol. The molecule has 0 aliphatic carbocycles. The highest BCUT2D eigenvalue weighted by Crippen LogP contribution is 2.22. The second-order valence-corrected chi connectivity index (χ2v) is 5.27. The maximum atomic E-state index is 6.04. The third kappa shape index (κ3) is 3.76. The van der Waals surface area contributed by atoms with Crippen LogP contribution in [-0.2, 0) is 6.54 Å². The van der Waals surface area contributed by atoms with E-state index >= 15 is 0 Å². The van der Waals surface area contributed by atoms with Gasteiger partial charge in [0, 0.05) is 22.3 Å². The van der Waals surface area contributed by atoms with E-state index in [2.05, 4.69) is 18.0 Å². The van der Waals surface area contributed by atoms with Crippen molar-refractivity contribution >= 4 is 35.0 Å². The minimum absolute atomic E-state index is 0.708. The molecule has 19 heavy (non-hydrogen) atoms. The minimum Gasteiger partial charge on any atom is -0.381 e. The van der Waals surface area contributed by atoms with E-state index in [1.54, 1.807) is 6.08 Å². The maximum absolute atomic E-state index is 6.04. The van der Waals surface area contributed by atoms with E-state index < -0.39 is 0 Å². The standard InChI is InChI=1S/C16H15Cl2N/c1-3-13-9-15(4-5-16(13)18)19-10-12-6-11(2)7-14(17)8-12/h3-9,19H,1,10H2,2H3. The fourth-order valence-electron chi connectivity index (χ4n) is 1.93. The molecule has 0 spiro atoms. The molecular weight excluding hydrogens is 277 g/mol. The molecule has 3 heteroatoms. The molecule has 0 saturated carbocycles. The van der Waals surface area contributed by atoms with Gasteiger partial charge in [0.25, 0.3) is 0 Å². The average Bonchev–Trinajstić information content (AvgIpc) is 2.36. The van der Waals surface area contributed by atoms with E-state index in [-0.39, 0.29) is 0 Å². The van der Waals surface area contributed by atoms with Gasteiger partial charge in [0.2, 0.25) is 0 Å². The molecule has 2 aromatic rings. The molecule has 1 nitrogen and oxygen atoms in total. The molecule has 0 bridgehead atoms. The molecule has 0 atom stereocenters. The van der Waals surface area contributed by atoms with Crippen LogP contribution in [0.3, 0.4) is 0 Å².